The Kier molecular flexibility index (Phi) is 3.06. The Balaban J connectivity index is 2.00. The summed E-state index contributed by atoms with van der Waals surface area (Å²) < 4.78 is 5.08. The van der Waals surface area contributed by atoms with E-state index in [-0.39, 0.29) is 0 Å². The Hall–Kier alpha value is -2.12. The minimum Gasteiger partial charge on any atom is -0.472 e. The zero-order valence-corrected chi connectivity index (χ0v) is 11.1. The smallest absolute Gasteiger partial charge is 0.240 e. The molecule has 0 aliphatic carbocycles. The lowest BCUT2D eigenvalue weighted by Crippen LogP contribution is -2.19. The van der Waals surface area contributed by atoms with E-state index in [2.05, 4.69) is 15.4 Å². The number of nitrogens with two attached hydrogens (primary N) is 1. The molecule has 0 amide bonds. The Bertz CT molecular complexity index is 679. The number of rotatable bonds is 4. The molecule has 3 rings (SSSR count). The third kappa shape index (κ3) is 2.25. The van der Waals surface area contributed by atoms with Gasteiger partial charge in [-0.3, -0.25) is 5.43 Å². The lowest BCUT2D eigenvalue weighted by atomic mass is 10.3. The van der Waals surface area contributed by atoms with Gasteiger partial charge < -0.3 is 9.32 Å². The van der Waals surface area contributed by atoms with Crippen molar-refractivity contribution >= 4 is 33.3 Å². The Morgan fingerprint density at radius 2 is 2.32 bits per heavy atom. The zero-order chi connectivity index (χ0) is 13.2. The highest BCUT2D eigenvalue weighted by Crippen LogP contribution is 2.29. The van der Waals surface area contributed by atoms with Gasteiger partial charge >= 0.3 is 0 Å². The number of nitrogens with zero attached hydrogens (tertiary/aromatic N) is 3. The SMILES string of the molecule is CN(Cc1ccoc1)c1nc(NN)nc2sccc12. The van der Waals surface area contributed by atoms with Crippen LogP contribution < -0.4 is 16.2 Å². The predicted molar refractivity (Wildman–Crippen MR) is 76.0 cm³/mol. The van der Waals surface area contributed by atoms with Crippen LogP contribution in [0.4, 0.5) is 11.8 Å². The largest absolute Gasteiger partial charge is 0.472 e. The first-order valence-electron chi connectivity index (χ1n) is 5.72. The van der Waals surface area contributed by atoms with Gasteiger partial charge in [0.15, 0.2) is 0 Å². The monoisotopic (exact) mass is 275 g/mol. The van der Waals surface area contributed by atoms with Crippen molar-refractivity contribution in [2.24, 2.45) is 5.84 Å². The number of nitrogen functional groups attached to an aromatic ring is 1. The fourth-order valence-electron chi connectivity index (χ4n) is 1.93. The molecule has 0 aliphatic heterocycles. The summed E-state index contributed by atoms with van der Waals surface area (Å²) in [6, 6.07) is 3.95. The molecule has 0 atom stereocenters. The molecule has 0 aromatic carbocycles. The van der Waals surface area contributed by atoms with Crippen molar-refractivity contribution in [1.82, 2.24) is 9.97 Å². The third-order valence-electron chi connectivity index (χ3n) is 2.80. The van der Waals surface area contributed by atoms with E-state index in [1.165, 1.54) is 0 Å². The fourth-order valence-corrected chi connectivity index (χ4v) is 2.69. The quantitative estimate of drug-likeness (QED) is 0.561. The van der Waals surface area contributed by atoms with Crippen LogP contribution in [0.1, 0.15) is 5.56 Å². The molecule has 0 saturated heterocycles. The molecule has 0 radical (unpaired) electrons. The van der Waals surface area contributed by atoms with E-state index in [0.29, 0.717) is 12.5 Å². The van der Waals surface area contributed by atoms with Crippen LogP contribution in [0, 0.1) is 0 Å². The third-order valence-corrected chi connectivity index (χ3v) is 3.60. The first kappa shape index (κ1) is 11.9. The Morgan fingerprint density at radius 1 is 1.42 bits per heavy atom. The molecule has 3 aromatic rings. The first-order valence-corrected chi connectivity index (χ1v) is 6.60. The van der Waals surface area contributed by atoms with Crippen LogP contribution in [0.25, 0.3) is 10.2 Å². The highest BCUT2D eigenvalue weighted by Gasteiger charge is 2.13. The summed E-state index contributed by atoms with van der Waals surface area (Å²) in [7, 11) is 1.98. The predicted octanol–water partition coefficient (Wildman–Crippen LogP) is 2.21. The molecule has 98 valence electrons. The molecule has 3 N–H and O–H groups in total. The van der Waals surface area contributed by atoms with Crippen LogP contribution in [-0.4, -0.2) is 17.0 Å². The second kappa shape index (κ2) is 4.87. The molecule has 3 heterocycles. The zero-order valence-electron chi connectivity index (χ0n) is 10.3. The number of furan rings is 1. The number of nitrogens with one attached hydrogen (secondary N) is 1. The van der Waals surface area contributed by atoms with Crippen molar-refractivity contribution in [2.45, 2.75) is 6.54 Å². The molecular formula is C12H13N5OS. The summed E-state index contributed by atoms with van der Waals surface area (Å²) in [6.45, 7) is 0.711. The molecule has 3 aromatic heterocycles. The van der Waals surface area contributed by atoms with Gasteiger partial charge in [0.05, 0.1) is 17.9 Å². The second-order valence-corrected chi connectivity index (χ2v) is 5.04. The van der Waals surface area contributed by atoms with Crippen molar-refractivity contribution in [3.63, 3.8) is 0 Å². The highest BCUT2D eigenvalue weighted by atomic mass is 32.1. The van der Waals surface area contributed by atoms with E-state index in [9.17, 15) is 0 Å². The van der Waals surface area contributed by atoms with Gasteiger partial charge in [-0.2, -0.15) is 4.98 Å². The molecule has 0 unspecified atom stereocenters. The Morgan fingerprint density at radius 3 is 3.05 bits per heavy atom. The van der Waals surface area contributed by atoms with Crippen LogP contribution >= 0.6 is 11.3 Å². The summed E-state index contributed by atoms with van der Waals surface area (Å²) in [5.74, 6) is 6.68. The van der Waals surface area contributed by atoms with Gasteiger partial charge in [-0.25, -0.2) is 10.8 Å². The summed E-state index contributed by atoms with van der Waals surface area (Å²) in [6.07, 6.45) is 3.39. The van der Waals surface area contributed by atoms with Crippen molar-refractivity contribution in [2.75, 3.05) is 17.4 Å². The minimum absolute atomic E-state index is 0.420. The van der Waals surface area contributed by atoms with E-state index in [4.69, 9.17) is 10.3 Å². The average molecular weight is 275 g/mol. The normalized spacial score (nSPS) is 10.8. The van der Waals surface area contributed by atoms with E-state index in [1.54, 1.807) is 23.9 Å². The van der Waals surface area contributed by atoms with Gasteiger partial charge in [0, 0.05) is 19.2 Å². The summed E-state index contributed by atoms with van der Waals surface area (Å²) in [5.41, 5.74) is 3.59. The Labute approximate surface area is 113 Å². The lowest BCUT2D eigenvalue weighted by molar-refractivity contribution is 0.563. The van der Waals surface area contributed by atoms with Crippen LogP contribution in [-0.2, 0) is 6.54 Å². The average Bonchev–Trinajstić information content (AvgIpc) is 3.07. The lowest BCUT2D eigenvalue weighted by Gasteiger charge is -2.18. The molecule has 0 spiro atoms. The summed E-state index contributed by atoms with van der Waals surface area (Å²) >= 11 is 1.56. The van der Waals surface area contributed by atoms with Gasteiger partial charge in [-0.15, -0.1) is 11.3 Å². The van der Waals surface area contributed by atoms with E-state index >= 15 is 0 Å². The molecule has 0 fully saturated rings. The maximum atomic E-state index is 5.41. The second-order valence-electron chi connectivity index (χ2n) is 4.14. The van der Waals surface area contributed by atoms with Crippen molar-refractivity contribution < 1.29 is 4.42 Å². The van der Waals surface area contributed by atoms with Crippen molar-refractivity contribution in [3.05, 3.63) is 35.6 Å². The number of hydrogen-bond donors (Lipinski definition) is 2. The highest BCUT2D eigenvalue weighted by molar-refractivity contribution is 7.16. The van der Waals surface area contributed by atoms with Crippen LogP contribution in [0.2, 0.25) is 0 Å². The maximum absolute atomic E-state index is 5.41. The molecule has 0 saturated carbocycles. The summed E-state index contributed by atoms with van der Waals surface area (Å²) in [5, 5.41) is 3.02. The molecule has 0 bridgehead atoms. The number of thiophene rings is 1. The maximum Gasteiger partial charge on any atom is 0.240 e. The van der Waals surface area contributed by atoms with E-state index < -0.39 is 0 Å². The molecule has 19 heavy (non-hydrogen) atoms. The molecule has 7 heteroatoms. The number of hydrazine groups is 1. The van der Waals surface area contributed by atoms with E-state index in [1.807, 2.05) is 29.5 Å². The first-order chi connectivity index (χ1) is 9.28. The van der Waals surface area contributed by atoms with Crippen LogP contribution in [0.15, 0.2) is 34.5 Å². The topological polar surface area (TPSA) is 80.2 Å². The molecule has 0 aliphatic rings. The number of hydrogen-bond acceptors (Lipinski definition) is 7. The van der Waals surface area contributed by atoms with Gasteiger partial charge in [0.1, 0.15) is 10.6 Å². The molecule has 6 nitrogen and oxygen atoms in total. The van der Waals surface area contributed by atoms with Crippen molar-refractivity contribution in [3.8, 4) is 0 Å². The van der Waals surface area contributed by atoms with Gasteiger partial charge in [0.25, 0.3) is 0 Å². The summed E-state index contributed by atoms with van der Waals surface area (Å²) in [4.78, 5) is 11.7. The standard InChI is InChI=1S/C12H13N5OS/c1-17(6-8-2-4-18-7-8)10-9-3-5-19-11(9)15-12(14-10)16-13/h2-5,7H,6,13H2,1H3,(H,14,15,16). The number of fused-ring (bicyclic) bond motifs is 1. The van der Waals surface area contributed by atoms with Crippen LogP contribution in [0.5, 0.6) is 0 Å². The van der Waals surface area contributed by atoms with Gasteiger partial charge in [-0.05, 0) is 17.5 Å². The fraction of sp³-hybridized carbons (Fsp3) is 0.167. The van der Waals surface area contributed by atoms with Gasteiger partial charge in [0.2, 0.25) is 5.95 Å². The van der Waals surface area contributed by atoms with Gasteiger partial charge in [-0.1, -0.05) is 0 Å². The number of anilines is 2. The molecular weight excluding hydrogens is 262 g/mol. The van der Waals surface area contributed by atoms with Crippen LogP contribution in [0.3, 0.4) is 0 Å². The van der Waals surface area contributed by atoms with E-state index in [0.717, 1.165) is 21.6 Å². The van der Waals surface area contributed by atoms with Crippen molar-refractivity contribution in [1.29, 1.82) is 0 Å². The number of aromatic nitrogens is 2. The minimum atomic E-state index is 0.420.